The molecule has 0 spiro atoms. The first-order valence-electron chi connectivity index (χ1n) is 7.23. The molecule has 1 aliphatic rings. The zero-order chi connectivity index (χ0) is 14.4. The number of imide groups is 1. The number of nitrogens with zero attached hydrogens (tertiary/aromatic N) is 1. The molecule has 19 heavy (non-hydrogen) atoms. The summed E-state index contributed by atoms with van der Waals surface area (Å²) in [6.07, 6.45) is 2.35. The summed E-state index contributed by atoms with van der Waals surface area (Å²) in [4.78, 5) is 25.7. The summed E-state index contributed by atoms with van der Waals surface area (Å²) in [5.74, 6) is 0.787. The highest BCUT2D eigenvalue weighted by Gasteiger charge is 2.26. The van der Waals surface area contributed by atoms with E-state index in [0.29, 0.717) is 18.4 Å². The summed E-state index contributed by atoms with van der Waals surface area (Å²) in [5, 5.41) is 5.11. The van der Waals surface area contributed by atoms with Gasteiger partial charge in [0.15, 0.2) is 0 Å². The third-order valence-corrected chi connectivity index (χ3v) is 3.52. The first kappa shape index (κ1) is 16.0. The van der Waals surface area contributed by atoms with Gasteiger partial charge >= 0.3 is 6.03 Å². The summed E-state index contributed by atoms with van der Waals surface area (Å²) in [6.45, 7) is 10.5. The maximum atomic E-state index is 12.0. The Balaban J connectivity index is 2.37. The van der Waals surface area contributed by atoms with E-state index in [1.165, 1.54) is 6.42 Å². The molecular formula is C14H27N3O2. The van der Waals surface area contributed by atoms with Crippen molar-refractivity contribution in [3.05, 3.63) is 0 Å². The van der Waals surface area contributed by atoms with E-state index < -0.39 is 6.03 Å². The molecule has 3 amide bonds. The number of carbonyl (C=O) groups excluding carboxylic acids is 2. The SMILES string of the molecule is CC(C)CNC(=O)NC(=O)C(C)N1CCCC(C)C1. The molecule has 0 saturated carbocycles. The summed E-state index contributed by atoms with van der Waals surface area (Å²) in [5.41, 5.74) is 0. The molecule has 0 aromatic heterocycles. The molecule has 110 valence electrons. The van der Waals surface area contributed by atoms with E-state index in [1.54, 1.807) is 0 Å². The summed E-state index contributed by atoms with van der Waals surface area (Å²) in [6, 6.07) is -0.636. The van der Waals surface area contributed by atoms with E-state index in [1.807, 2.05) is 20.8 Å². The average Bonchev–Trinajstić information content (AvgIpc) is 2.35. The molecule has 0 radical (unpaired) electrons. The van der Waals surface area contributed by atoms with Gasteiger partial charge in [0.25, 0.3) is 0 Å². The zero-order valence-corrected chi connectivity index (χ0v) is 12.5. The van der Waals surface area contributed by atoms with Crippen LogP contribution >= 0.6 is 0 Å². The van der Waals surface area contributed by atoms with Crippen molar-refractivity contribution in [3.63, 3.8) is 0 Å². The lowest BCUT2D eigenvalue weighted by molar-refractivity contribution is -0.125. The van der Waals surface area contributed by atoms with Crippen molar-refractivity contribution in [2.75, 3.05) is 19.6 Å². The summed E-state index contributed by atoms with van der Waals surface area (Å²) in [7, 11) is 0. The molecule has 1 heterocycles. The van der Waals surface area contributed by atoms with E-state index in [-0.39, 0.29) is 11.9 Å². The van der Waals surface area contributed by atoms with Gasteiger partial charge in [-0.15, -0.1) is 0 Å². The van der Waals surface area contributed by atoms with E-state index in [0.717, 1.165) is 19.5 Å². The Morgan fingerprint density at radius 2 is 2.00 bits per heavy atom. The largest absolute Gasteiger partial charge is 0.338 e. The van der Waals surface area contributed by atoms with Crippen LogP contribution < -0.4 is 10.6 Å². The smallest absolute Gasteiger partial charge is 0.321 e. The third kappa shape index (κ3) is 5.59. The number of hydrogen-bond acceptors (Lipinski definition) is 3. The molecule has 0 aromatic rings. The van der Waals surface area contributed by atoms with Crippen molar-refractivity contribution < 1.29 is 9.59 Å². The number of rotatable bonds is 4. The van der Waals surface area contributed by atoms with Gasteiger partial charge in [0.05, 0.1) is 6.04 Å². The molecule has 5 heteroatoms. The molecule has 2 N–H and O–H groups in total. The van der Waals surface area contributed by atoms with Crippen molar-refractivity contribution in [3.8, 4) is 0 Å². The molecule has 2 atom stereocenters. The number of carbonyl (C=O) groups is 2. The van der Waals surface area contributed by atoms with Gasteiger partial charge in [-0.25, -0.2) is 4.79 Å². The van der Waals surface area contributed by atoms with Crippen LogP contribution in [0, 0.1) is 11.8 Å². The summed E-state index contributed by atoms with van der Waals surface area (Å²) < 4.78 is 0. The Bertz CT molecular complexity index is 318. The van der Waals surface area contributed by atoms with Crippen molar-refractivity contribution in [1.29, 1.82) is 0 Å². The number of piperidine rings is 1. The van der Waals surface area contributed by atoms with Crippen LogP contribution in [-0.4, -0.2) is 42.5 Å². The second kappa shape index (κ2) is 7.48. The van der Waals surface area contributed by atoms with Crippen LogP contribution in [0.25, 0.3) is 0 Å². The second-order valence-electron chi connectivity index (χ2n) is 6.01. The van der Waals surface area contributed by atoms with Crippen LogP contribution in [0.1, 0.15) is 40.5 Å². The van der Waals surface area contributed by atoms with E-state index in [4.69, 9.17) is 0 Å². The van der Waals surface area contributed by atoms with E-state index in [9.17, 15) is 9.59 Å². The molecule has 1 rings (SSSR count). The molecular weight excluding hydrogens is 242 g/mol. The number of hydrogen-bond donors (Lipinski definition) is 2. The fraction of sp³-hybridized carbons (Fsp3) is 0.857. The molecule has 1 saturated heterocycles. The molecule has 0 bridgehead atoms. The Morgan fingerprint density at radius 3 is 2.58 bits per heavy atom. The van der Waals surface area contributed by atoms with Crippen LogP contribution in [-0.2, 0) is 4.79 Å². The molecule has 0 aromatic carbocycles. The fourth-order valence-electron chi connectivity index (χ4n) is 2.30. The standard InChI is InChI=1S/C14H27N3O2/c1-10(2)8-15-14(19)16-13(18)12(4)17-7-5-6-11(3)9-17/h10-12H,5-9H2,1-4H3,(H2,15,16,18,19). The van der Waals surface area contributed by atoms with Crippen molar-refractivity contribution in [2.45, 2.75) is 46.6 Å². The average molecular weight is 269 g/mol. The lowest BCUT2D eigenvalue weighted by atomic mass is 9.99. The third-order valence-electron chi connectivity index (χ3n) is 3.52. The minimum atomic E-state index is -0.393. The van der Waals surface area contributed by atoms with Crippen molar-refractivity contribution in [2.24, 2.45) is 11.8 Å². The van der Waals surface area contributed by atoms with Gasteiger partial charge in [0.1, 0.15) is 0 Å². The highest BCUT2D eigenvalue weighted by molar-refractivity contribution is 5.96. The predicted octanol–water partition coefficient (Wildman–Crippen LogP) is 1.59. The van der Waals surface area contributed by atoms with E-state index in [2.05, 4.69) is 22.5 Å². The van der Waals surface area contributed by atoms with Crippen molar-refractivity contribution in [1.82, 2.24) is 15.5 Å². The molecule has 5 nitrogen and oxygen atoms in total. The van der Waals surface area contributed by atoms with Gasteiger partial charge in [0, 0.05) is 13.1 Å². The molecule has 0 aliphatic carbocycles. The first-order valence-corrected chi connectivity index (χ1v) is 7.23. The Labute approximate surface area is 116 Å². The maximum Gasteiger partial charge on any atom is 0.321 e. The number of amides is 3. The predicted molar refractivity (Wildman–Crippen MR) is 75.8 cm³/mol. The summed E-state index contributed by atoms with van der Waals surface area (Å²) >= 11 is 0. The highest BCUT2D eigenvalue weighted by Crippen LogP contribution is 2.17. The normalized spacial score (nSPS) is 22.1. The lowest BCUT2D eigenvalue weighted by Gasteiger charge is -2.34. The van der Waals surface area contributed by atoms with Crippen LogP contribution in [0.2, 0.25) is 0 Å². The van der Waals surface area contributed by atoms with Gasteiger partial charge in [-0.05, 0) is 38.1 Å². The quantitative estimate of drug-likeness (QED) is 0.814. The Kier molecular flexibility index (Phi) is 6.28. The minimum Gasteiger partial charge on any atom is -0.338 e. The maximum absolute atomic E-state index is 12.0. The number of likely N-dealkylation sites (tertiary alicyclic amines) is 1. The lowest BCUT2D eigenvalue weighted by Crippen LogP contribution is -2.52. The molecule has 2 unspecified atom stereocenters. The Hall–Kier alpha value is -1.10. The second-order valence-corrected chi connectivity index (χ2v) is 6.01. The van der Waals surface area contributed by atoms with E-state index >= 15 is 0 Å². The van der Waals surface area contributed by atoms with Gasteiger partial charge in [-0.3, -0.25) is 15.0 Å². The topological polar surface area (TPSA) is 61.4 Å². The minimum absolute atomic E-state index is 0.213. The van der Waals surface area contributed by atoms with Gasteiger partial charge in [0.2, 0.25) is 5.91 Å². The molecule has 1 aliphatic heterocycles. The number of urea groups is 1. The fourth-order valence-corrected chi connectivity index (χ4v) is 2.30. The van der Waals surface area contributed by atoms with Gasteiger partial charge in [-0.2, -0.15) is 0 Å². The van der Waals surface area contributed by atoms with Crippen molar-refractivity contribution >= 4 is 11.9 Å². The van der Waals surface area contributed by atoms with Gasteiger partial charge < -0.3 is 5.32 Å². The van der Waals surface area contributed by atoms with Crippen LogP contribution in [0.4, 0.5) is 4.79 Å². The monoisotopic (exact) mass is 269 g/mol. The van der Waals surface area contributed by atoms with Crippen LogP contribution in [0.5, 0.6) is 0 Å². The van der Waals surface area contributed by atoms with Crippen LogP contribution in [0.3, 0.4) is 0 Å². The Morgan fingerprint density at radius 1 is 1.32 bits per heavy atom. The zero-order valence-electron chi connectivity index (χ0n) is 12.5. The van der Waals surface area contributed by atoms with Gasteiger partial charge in [-0.1, -0.05) is 20.8 Å². The van der Waals surface area contributed by atoms with Crippen LogP contribution in [0.15, 0.2) is 0 Å². The highest BCUT2D eigenvalue weighted by atomic mass is 16.2. The molecule has 1 fully saturated rings. The number of nitrogens with one attached hydrogen (secondary N) is 2. The first-order chi connectivity index (χ1) is 8.90.